The molecule has 9 nitrogen and oxygen atoms in total. The summed E-state index contributed by atoms with van der Waals surface area (Å²) < 4.78 is 5.83. The summed E-state index contributed by atoms with van der Waals surface area (Å²) >= 11 is 0. The lowest BCUT2D eigenvalue weighted by molar-refractivity contribution is -0.384. The third-order valence-corrected chi connectivity index (χ3v) is 11.0. The number of nitrogens with one attached hydrogen (secondary N) is 1. The first kappa shape index (κ1) is 25.0. The number of non-ortho nitro benzene ring substituents is 1. The van der Waals surface area contributed by atoms with Crippen LogP contribution in [0.1, 0.15) is 78.1 Å². The van der Waals surface area contributed by atoms with Gasteiger partial charge in [0.05, 0.1) is 4.92 Å². The number of anilines is 1. The van der Waals surface area contributed by atoms with Crippen LogP contribution in [-0.4, -0.2) is 33.2 Å². The molecule has 1 aromatic carbocycles. The van der Waals surface area contributed by atoms with Gasteiger partial charge in [-0.1, -0.05) is 26.7 Å². The monoisotopic (exact) mass is 499 g/mol. The van der Waals surface area contributed by atoms with Gasteiger partial charge in [-0.05, 0) is 80.2 Å². The maximum Gasteiger partial charge on any atom is 0.412 e. The van der Waals surface area contributed by atoms with Gasteiger partial charge in [-0.25, -0.2) is 9.59 Å². The van der Waals surface area contributed by atoms with Crippen molar-refractivity contribution in [3.8, 4) is 0 Å². The van der Waals surface area contributed by atoms with Gasteiger partial charge < -0.3 is 15.6 Å². The molecule has 0 heterocycles. The van der Waals surface area contributed by atoms with Crippen LogP contribution in [-0.2, 0) is 9.53 Å². The highest BCUT2D eigenvalue weighted by Crippen LogP contribution is 2.69. The Balaban J connectivity index is 1.41. The Hall–Kier alpha value is -2.68. The number of amides is 1. The van der Waals surface area contributed by atoms with Crippen molar-refractivity contribution in [2.45, 2.75) is 89.2 Å². The summed E-state index contributed by atoms with van der Waals surface area (Å²) in [5.41, 5.74) is 4.35. The summed E-state index contributed by atoms with van der Waals surface area (Å²) in [6.45, 7) is 4.35. The Bertz CT molecular complexity index is 1080. The predicted octanol–water partition coefficient (Wildman–Crippen LogP) is 5.48. The zero-order valence-corrected chi connectivity index (χ0v) is 21.1. The maximum absolute atomic E-state index is 13.0. The number of fused-ring (bicyclic) bond motifs is 5. The molecule has 4 N–H and O–H groups in total. The first-order chi connectivity index (χ1) is 17.0. The lowest BCUT2D eigenvalue weighted by Gasteiger charge is -2.64. The largest absolute Gasteiger partial charge is 0.478 e. The number of nitro benzene ring substituents is 1. The molecule has 0 bridgehead atoms. The highest BCUT2D eigenvalue weighted by atomic mass is 16.6. The second kappa shape index (κ2) is 8.43. The zero-order chi connectivity index (χ0) is 25.9. The summed E-state index contributed by atoms with van der Waals surface area (Å²) in [6.07, 6.45) is 8.45. The van der Waals surface area contributed by atoms with Gasteiger partial charge in [0.15, 0.2) is 0 Å². The van der Waals surface area contributed by atoms with Crippen LogP contribution in [0.4, 0.5) is 16.2 Å². The van der Waals surface area contributed by atoms with E-state index in [9.17, 15) is 24.8 Å². The van der Waals surface area contributed by atoms with Gasteiger partial charge in [0.25, 0.3) is 5.69 Å². The Kier molecular flexibility index (Phi) is 5.85. The minimum absolute atomic E-state index is 0.106. The number of ether oxygens (including phenoxy) is 1. The number of nitro groups is 1. The zero-order valence-electron chi connectivity index (χ0n) is 21.1. The normalized spacial score (nSPS) is 41.4. The van der Waals surface area contributed by atoms with E-state index in [-0.39, 0.29) is 23.4 Å². The summed E-state index contributed by atoms with van der Waals surface area (Å²) in [7, 11) is 0. The lowest BCUT2D eigenvalue weighted by Crippen LogP contribution is -2.70. The summed E-state index contributed by atoms with van der Waals surface area (Å²) in [6, 6.07) is 5.33. The Morgan fingerprint density at radius 3 is 2.42 bits per heavy atom. The highest BCUT2D eigenvalue weighted by molar-refractivity contribution is 5.89. The molecule has 9 heteroatoms. The van der Waals surface area contributed by atoms with Gasteiger partial charge in [-0.2, -0.15) is 0 Å². The molecule has 196 valence electrons. The van der Waals surface area contributed by atoms with Crippen molar-refractivity contribution in [1.29, 1.82) is 0 Å². The Morgan fingerprint density at radius 2 is 1.75 bits per heavy atom. The number of hydrogen-bond donors (Lipinski definition) is 3. The van der Waals surface area contributed by atoms with E-state index in [1.165, 1.54) is 49.9 Å². The van der Waals surface area contributed by atoms with Crippen LogP contribution < -0.4 is 11.1 Å². The van der Waals surface area contributed by atoms with Crippen molar-refractivity contribution in [3.63, 3.8) is 0 Å². The number of hydrogen-bond acceptors (Lipinski definition) is 6. The molecule has 5 rings (SSSR count). The topological polar surface area (TPSA) is 145 Å². The molecule has 7 atom stereocenters. The minimum Gasteiger partial charge on any atom is -0.478 e. The molecule has 4 saturated carbocycles. The number of carbonyl (C=O) groups is 2. The fraction of sp³-hybridized carbons (Fsp3) is 0.704. The molecular formula is C27H37N3O6. The van der Waals surface area contributed by atoms with E-state index < -0.39 is 33.5 Å². The van der Waals surface area contributed by atoms with Crippen LogP contribution in [0.3, 0.4) is 0 Å². The van der Waals surface area contributed by atoms with Crippen molar-refractivity contribution in [3.05, 3.63) is 34.4 Å². The van der Waals surface area contributed by atoms with Crippen molar-refractivity contribution in [1.82, 2.24) is 0 Å². The molecule has 1 aromatic rings. The van der Waals surface area contributed by atoms with Crippen LogP contribution in [0.2, 0.25) is 0 Å². The van der Waals surface area contributed by atoms with Crippen LogP contribution in [0.15, 0.2) is 24.3 Å². The van der Waals surface area contributed by atoms with Gasteiger partial charge in [0.1, 0.15) is 0 Å². The quantitative estimate of drug-likeness (QED) is 0.367. The molecule has 0 spiro atoms. The number of nitrogens with zero attached hydrogens (tertiary/aromatic N) is 1. The van der Waals surface area contributed by atoms with Crippen LogP contribution in [0, 0.1) is 38.7 Å². The molecule has 4 aliphatic rings. The molecular weight excluding hydrogens is 462 g/mol. The molecule has 2 unspecified atom stereocenters. The van der Waals surface area contributed by atoms with Crippen molar-refractivity contribution in [2.75, 3.05) is 5.32 Å². The smallest absolute Gasteiger partial charge is 0.412 e. The molecule has 0 saturated heterocycles. The van der Waals surface area contributed by atoms with E-state index in [1.54, 1.807) is 0 Å². The third kappa shape index (κ3) is 3.38. The average Bonchev–Trinajstić information content (AvgIpc) is 3.07. The molecule has 4 fully saturated rings. The lowest BCUT2D eigenvalue weighted by atomic mass is 9.42. The van der Waals surface area contributed by atoms with E-state index in [2.05, 4.69) is 12.2 Å². The van der Waals surface area contributed by atoms with Crippen LogP contribution in [0.5, 0.6) is 0 Å². The van der Waals surface area contributed by atoms with Crippen LogP contribution >= 0.6 is 0 Å². The standard InChI is InChI=1S/C27H37N3O6/c1-24-13-4-3-5-17(24)6-11-21-20(24)12-14-25(2)26(21,28)15-16-27(25,22(31)32)36-23(33)29-18-7-9-19(10-8-18)30(34)35/h7-10,17,20-21H,3-6,11-16,28H2,1-2H3,(H,29,33)(H,31,32)/t17?,20-,21-,24+,25+,26-,27?/m1/s1. The predicted molar refractivity (Wildman–Crippen MR) is 133 cm³/mol. The number of aliphatic carboxylic acids is 1. The first-order valence-electron chi connectivity index (χ1n) is 13.2. The molecule has 0 aliphatic heterocycles. The van der Waals surface area contributed by atoms with E-state index in [4.69, 9.17) is 10.5 Å². The summed E-state index contributed by atoms with van der Waals surface area (Å²) in [5, 5.41) is 23.9. The third-order valence-electron chi connectivity index (χ3n) is 11.0. The fourth-order valence-electron chi connectivity index (χ4n) is 8.88. The van der Waals surface area contributed by atoms with E-state index in [1.807, 2.05) is 6.92 Å². The molecule has 0 aromatic heterocycles. The SMILES string of the molecule is C[C@]12CCCCC1CC[C@@H]1[C@H]2CC[C@]2(C)C(OC(=O)Nc3ccc([N+](=O)[O-])cc3)(C(=O)O)CC[C@@]12N. The van der Waals surface area contributed by atoms with E-state index >= 15 is 0 Å². The first-order valence-corrected chi connectivity index (χ1v) is 13.2. The van der Waals surface area contributed by atoms with E-state index in [0.717, 1.165) is 25.2 Å². The minimum atomic E-state index is -1.73. The second-order valence-electron chi connectivity index (χ2n) is 12.1. The fourth-order valence-corrected chi connectivity index (χ4v) is 8.88. The number of carbonyl (C=O) groups excluding carboxylic acids is 1. The van der Waals surface area contributed by atoms with Gasteiger partial charge in [-0.15, -0.1) is 0 Å². The second-order valence-corrected chi connectivity index (χ2v) is 12.1. The summed E-state index contributed by atoms with van der Waals surface area (Å²) in [5.74, 6) is 0.230. The average molecular weight is 500 g/mol. The maximum atomic E-state index is 13.0. The number of rotatable bonds is 4. The van der Waals surface area contributed by atoms with Gasteiger partial charge >= 0.3 is 12.1 Å². The van der Waals surface area contributed by atoms with Gasteiger partial charge in [0.2, 0.25) is 5.60 Å². The van der Waals surface area contributed by atoms with Crippen molar-refractivity contribution in [2.24, 2.45) is 34.3 Å². The summed E-state index contributed by atoms with van der Waals surface area (Å²) in [4.78, 5) is 36.2. The van der Waals surface area contributed by atoms with Gasteiger partial charge in [-0.3, -0.25) is 15.4 Å². The van der Waals surface area contributed by atoms with E-state index in [0.29, 0.717) is 24.4 Å². The number of benzene rings is 1. The van der Waals surface area contributed by atoms with Crippen molar-refractivity contribution >= 4 is 23.4 Å². The Labute approximate surface area is 211 Å². The number of nitrogens with two attached hydrogens (primary N) is 1. The molecule has 1 amide bonds. The van der Waals surface area contributed by atoms with Crippen molar-refractivity contribution < 1.29 is 24.4 Å². The van der Waals surface area contributed by atoms with Crippen LogP contribution in [0.25, 0.3) is 0 Å². The number of carboxylic acid groups (broad SMARTS) is 1. The number of carboxylic acids is 1. The molecule has 0 radical (unpaired) electrons. The molecule has 4 aliphatic carbocycles. The molecule has 36 heavy (non-hydrogen) atoms. The van der Waals surface area contributed by atoms with Gasteiger partial charge in [0, 0.05) is 35.2 Å². The Morgan fingerprint density at radius 1 is 1.03 bits per heavy atom. The highest BCUT2D eigenvalue weighted by Gasteiger charge is 2.75.